The second-order valence-corrected chi connectivity index (χ2v) is 8.06. The maximum Gasteiger partial charge on any atom is 0.290 e. The third-order valence-electron chi connectivity index (χ3n) is 6.35. The first kappa shape index (κ1) is 18.8. The van der Waals surface area contributed by atoms with E-state index in [1.807, 2.05) is 6.07 Å². The zero-order valence-electron chi connectivity index (χ0n) is 16.2. The minimum absolute atomic E-state index is 0.00360. The number of likely N-dealkylation sites (tertiary alicyclic amines) is 1. The molecule has 1 N–H and O–H groups in total. The van der Waals surface area contributed by atoms with Gasteiger partial charge in [0.25, 0.3) is 5.91 Å². The Bertz CT molecular complexity index is 795. The van der Waals surface area contributed by atoms with E-state index in [-0.39, 0.29) is 17.2 Å². The SMILES string of the molecule is O=C(NCC1(c2ccccc2)CCCCC1)[C@H]1CCCN1C(=O)c1ccco1. The lowest BCUT2D eigenvalue weighted by Gasteiger charge is -2.38. The highest BCUT2D eigenvalue weighted by Crippen LogP contribution is 2.39. The van der Waals surface area contributed by atoms with Gasteiger partial charge in [-0.2, -0.15) is 0 Å². The Kier molecular flexibility index (Phi) is 5.51. The van der Waals surface area contributed by atoms with Crippen LogP contribution in [-0.2, 0) is 10.2 Å². The van der Waals surface area contributed by atoms with Crippen LogP contribution in [0.15, 0.2) is 53.1 Å². The van der Waals surface area contributed by atoms with Crippen LogP contribution >= 0.6 is 0 Å². The van der Waals surface area contributed by atoms with E-state index < -0.39 is 6.04 Å². The fourth-order valence-electron chi connectivity index (χ4n) is 4.79. The van der Waals surface area contributed by atoms with Gasteiger partial charge in [0.2, 0.25) is 5.91 Å². The van der Waals surface area contributed by atoms with E-state index in [0.717, 1.165) is 19.3 Å². The Morgan fingerprint density at radius 2 is 1.82 bits per heavy atom. The fraction of sp³-hybridized carbons (Fsp3) is 0.478. The summed E-state index contributed by atoms with van der Waals surface area (Å²) in [6.45, 7) is 1.23. The topological polar surface area (TPSA) is 62.6 Å². The van der Waals surface area contributed by atoms with Crippen LogP contribution in [-0.4, -0.2) is 35.8 Å². The maximum absolute atomic E-state index is 13.0. The number of carbonyl (C=O) groups is 2. The summed E-state index contributed by atoms with van der Waals surface area (Å²) in [5.41, 5.74) is 1.31. The van der Waals surface area contributed by atoms with Crippen molar-refractivity contribution < 1.29 is 14.0 Å². The zero-order valence-corrected chi connectivity index (χ0v) is 16.2. The van der Waals surface area contributed by atoms with Crippen LogP contribution in [0.5, 0.6) is 0 Å². The Morgan fingerprint density at radius 1 is 1.04 bits per heavy atom. The highest BCUT2D eigenvalue weighted by molar-refractivity contribution is 5.96. The summed E-state index contributed by atoms with van der Waals surface area (Å²) in [4.78, 5) is 27.3. The molecule has 1 aliphatic carbocycles. The number of amides is 2. The predicted molar refractivity (Wildman–Crippen MR) is 107 cm³/mol. The molecule has 1 saturated carbocycles. The van der Waals surface area contributed by atoms with E-state index in [1.54, 1.807) is 17.0 Å². The van der Waals surface area contributed by atoms with Crippen molar-refractivity contribution in [3.8, 4) is 0 Å². The van der Waals surface area contributed by atoms with Crippen molar-refractivity contribution in [1.82, 2.24) is 10.2 Å². The summed E-state index contributed by atoms with van der Waals surface area (Å²) in [5, 5.41) is 3.20. The molecule has 1 aliphatic heterocycles. The molecule has 2 aromatic rings. The van der Waals surface area contributed by atoms with Gasteiger partial charge in [0.1, 0.15) is 6.04 Å². The summed E-state index contributed by atoms with van der Waals surface area (Å²) >= 11 is 0. The van der Waals surface area contributed by atoms with Gasteiger partial charge in [0.15, 0.2) is 5.76 Å². The first-order chi connectivity index (χ1) is 13.7. The van der Waals surface area contributed by atoms with Crippen LogP contribution in [0.1, 0.15) is 61.1 Å². The number of rotatable bonds is 5. The molecule has 1 aromatic heterocycles. The van der Waals surface area contributed by atoms with Crippen LogP contribution < -0.4 is 5.32 Å². The standard InChI is InChI=1S/C23H28N2O3/c26-21(19-11-7-15-25(19)22(27)20-12-8-16-28-20)24-17-23(13-5-2-6-14-23)18-9-3-1-4-10-18/h1,3-4,8-10,12,16,19H,2,5-7,11,13-15,17H2,(H,24,26)/t19-/m1/s1. The predicted octanol–water partition coefficient (Wildman–Crippen LogP) is 3.90. The molecule has 28 heavy (non-hydrogen) atoms. The van der Waals surface area contributed by atoms with Crippen molar-refractivity contribution in [2.45, 2.75) is 56.4 Å². The van der Waals surface area contributed by atoms with Crippen LogP contribution in [0.4, 0.5) is 0 Å². The summed E-state index contributed by atoms with van der Waals surface area (Å²) in [6.07, 6.45) is 8.87. The van der Waals surface area contributed by atoms with Crippen molar-refractivity contribution >= 4 is 11.8 Å². The summed E-state index contributed by atoms with van der Waals surface area (Å²) < 4.78 is 5.24. The lowest BCUT2D eigenvalue weighted by Crippen LogP contribution is -2.50. The molecule has 0 spiro atoms. The molecule has 5 heteroatoms. The first-order valence-corrected chi connectivity index (χ1v) is 10.4. The molecule has 0 unspecified atom stereocenters. The Balaban J connectivity index is 1.45. The summed E-state index contributed by atoms with van der Waals surface area (Å²) in [6, 6.07) is 13.5. The molecule has 1 atom stereocenters. The van der Waals surface area contributed by atoms with Gasteiger partial charge in [-0.3, -0.25) is 9.59 Å². The average molecular weight is 380 g/mol. The number of hydrogen-bond donors (Lipinski definition) is 1. The molecule has 2 fully saturated rings. The molecule has 2 aliphatic rings. The molecule has 0 radical (unpaired) electrons. The molecular formula is C23H28N2O3. The smallest absolute Gasteiger partial charge is 0.290 e. The molecule has 4 rings (SSSR count). The van der Waals surface area contributed by atoms with Gasteiger partial charge in [0.05, 0.1) is 6.26 Å². The van der Waals surface area contributed by atoms with Crippen LogP contribution in [0.25, 0.3) is 0 Å². The molecule has 148 valence electrons. The molecule has 5 nitrogen and oxygen atoms in total. The van der Waals surface area contributed by atoms with E-state index >= 15 is 0 Å². The summed E-state index contributed by atoms with van der Waals surface area (Å²) in [5.74, 6) is 0.0594. The van der Waals surface area contributed by atoms with E-state index in [2.05, 4.69) is 29.6 Å². The molecular weight excluding hydrogens is 352 g/mol. The summed E-state index contributed by atoms with van der Waals surface area (Å²) in [7, 11) is 0. The second-order valence-electron chi connectivity index (χ2n) is 8.06. The minimum Gasteiger partial charge on any atom is -0.459 e. The number of benzene rings is 1. The lowest BCUT2D eigenvalue weighted by atomic mass is 9.69. The third kappa shape index (κ3) is 3.71. The third-order valence-corrected chi connectivity index (χ3v) is 6.35. The quantitative estimate of drug-likeness (QED) is 0.856. The fourth-order valence-corrected chi connectivity index (χ4v) is 4.79. The van der Waals surface area contributed by atoms with Crippen molar-refractivity contribution in [3.05, 3.63) is 60.1 Å². The van der Waals surface area contributed by atoms with Crippen molar-refractivity contribution in [1.29, 1.82) is 0 Å². The highest BCUT2D eigenvalue weighted by Gasteiger charge is 2.38. The number of nitrogens with one attached hydrogen (secondary N) is 1. The molecule has 1 aromatic carbocycles. The molecule has 2 amide bonds. The van der Waals surface area contributed by atoms with Gasteiger partial charge in [0, 0.05) is 18.5 Å². The van der Waals surface area contributed by atoms with Crippen LogP contribution in [0.3, 0.4) is 0 Å². The Labute approximate surface area is 166 Å². The van der Waals surface area contributed by atoms with Crippen molar-refractivity contribution in [2.24, 2.45) is 0 Å². The maximum atomic E-state index is 13.0. The molecule has 1 saturated heterocycles. The average Bonchev–Trinajstić information content (AvgIpc) is 3.45. The number of hydrogen-bond acceptors (Lipinski definition) is 3. The zero-order chi connectivity index (χ0) is 19.4. The Hall–Kier alpha value is -2.56. The first-order valence-electron chi connectivity index (χ1n) is 10.4. The van der Waals surface area contributed by atoms with Gasteiger partial charge in [-0.15, -0.1) is 0 Å². The largest absolute Gasteiger partial charge is 0.459 e. The van der Waals surface area contributed by atoms with E-state index in [1.165, 1.54) is 31.1 Å². The van der Waals surface area contributed by atoms with Gasteiger partial charge in [-0.1, -0.05) is 49.6 Å². The highest BCUT2D eigenvalue weighted by atomic mass is 16.3. The lowest BCUT2D eigenvalue weighted by molar-refractivity contribution is -0.125. The monoisotopic (exact) mass is 380 g/mol. The van der Waals surface area contributed by atoms with E-state index in [4.69, 9.17) is 4.42 Å². The van der Waals surface area contributed by atoms with Gasteiger partial charge < -0.3 is 14.6 Å². The number of nitrogens with zero attached hydrogens (tertiary/aromatic N) is 1. The number of carbonyl (C=O) groups excluding carboxylic acids is 2. The van der Waals surface area contributed by atoms with Crippen molar-refractivity contribution in [2.75, 3.05) is 13.1 Å². The van der Waals surface area contributed by atoms with Gasteiger partial charge in [-0.25, -0.2) is 0 Å². The van der Waals surface area contributed by atoms with E-state index in [9.17, 15) is 9.59 Å². The molecule has 2 heterocycles. The van der Waals surface area contributed by atoms with Gasteiger partial charge >= 0.3 is 0 Å². The van der Waals surface area contributed by atoms with Crippen molar-refractivity contribution in [3.63, 3.8) is 0 Å². The van der Waals surface area contributed by atoms with Crippen LogP contribution in [0.2, 0.25) is 0 Å². The van der Waals surface area contributed by atoms with Crippen LogP contribution in [0, 0.1) is 0 Å². The van der Waals surface area contributed by atoms with E-state index in [0.29, 0.717) is 25.3 Å². The second kappa shape index (κ2) is 8.21. The Morgan fingerprint density at radius 3 is 2.54 bits per heavy atom. The normalized spacial score (nSPS) is 21.4. The minimum atomic E-state index is -0.408. The van der Waals surface area contributed by atoms with Gasteiger partial charge in [-0.05, 0) is 43.4 Å². The number of furan rings is 1. The molecule has 0 bridgehead atoms.